The second kappa shape index (κ2) is 8.44. The van der Waals surface area contributed by atoms with Gasteiger partial charge in [-0.25, -0.2) is 4.39 Å². The molecule has 2 aliphatic heterocycles. The lowest BCUT2D eigenvalue weighted by Gasteiger charge is -2.24. The Bertz CT molecular complexity index is 576. The minimum Gasteiger partial charge on any atom is -0.340 e. The lowest BCUT2D eigenvalue weighted by Crippen LogP contribution is -2.45. The van der Waals surface area contributed by atoms with Gasteiger partial charge in [-0.15, -0.1) is 12.4 Å². The van der Waals surface area contributed by atoms with Crippen LogP contribution in [0.3, 0.4) is 0 Å². The highest BCUT2D eigenvalue weighted by molar-refractivity contribution is 5.94. The molecule has 2 aliphatic rings. The molecule has 0 spiro atoms. The number of hydrogen-bond donors (Lipinski definition) is 1. The smallest absolute Gasteiger partial charge is 0.253 e. The molecule has 0 aliphatic carbocycles. The molecule has 0 radical (unpaired) electrons. The van der Waals surface area contributed by atoms with Crippen molar-refractivity contribution in [1.82, 2.24) is 15.1 Å². The molecule has 2 fully saturated rings. The SMILES string of the molecule is Cl.O=C(c1ccc(F)cc1)N1CCCN(C(=O)C2CCCN2)CC1. The summed E-state index contributed by atoms with van der Waals surface area (Å²) in [6.45, 7) is 3.29. The van der Waals surface area contributed by atoms with Crippen LogP contribution in [0.2, 0.25) is 0 Å². The zero-order valence-electron chi connectivity index (χ0n) is 13.5. The van der Waals surface area contributed by atoms with E-state index in [9.17, 15) is 14.0 Å². The lowest BCUT2D eigenvalue weighted by molar-refractivity contribution is -0.132. The van der Waals surface area contributed by atoms with Gasteiger partial charge in [0.2, 0.25) is 5.91 Å². The predicted octanol–water partition coefficient (Wildman–Crippen LogP) is 1.67. The van der Waals surface area contributed by atoms with Crippen molar-refractivity contribution in [3.63, 3.8) is 0 Å². The van der Waals surface area contributed by atoms with E-state index in [1.54, 1.807) is 4.90 Å². The van der Waals surface area contributed by atoms with E-state index in [0.29, 0.717) is 31.7 Å². The molecule has 1 N–H and O–H groups in total. The fraction of sp³-hybridized carbons (Fsp3) is 0.529. The molecule has 1 atom stereocenters. The Kier molecular flexibility index (Phi) is 6.57. The third kappa shape index (κ3) is 4.24. The van der Waals surface area contributed by atoms with Gasteiger partial charge in [0.25, 0.3) is 5.91 Å². The number of hydrogen-bond acceptors (Lipinski definition) is 3. The Morgan fingerprint density at radius 2 is 1.67 bits per heavy atom. The van der Waals surface area contributed by atoms with E-state index in [-0.39, 0.29) is 36.1 Å². The quantitative estimate of drug-likeness (QED) is 0.878. The Labute approximate surface area is 147 Å². The molecule has 0 saturated carbocycles. The standard InChI is InChI=1S/C17H22FN3O2.ClH/c18-14-6-4-13(5-7-14)16(22)20-9-2-10-21(12-11-20)17(23)15-3-1-8-19-15;/h4-7,15,19H,1-3,8-12H2;1H. The Hall–Kier alpha value is -1.66. The van der Waals surface area contributed by atoms with Crippen LogP contribution in [-0.4, -0.2) is 60.4 Å². The minimum atomic E-state index is -0.349. The van der Waals surface area contributed by atoms with E-state index in [1.807, 2.05) is 4.90 Å². The Balaban J connectivity index is 0.00000208. The van der Waals surface area contributed by atoms with Crippen LogP contribution >= 0.6 is 12.4 Å². The summed E-state index contributed by atoms with van der Waals surface area (Å²) in [5.41, 5.74) is 0.489. The summed E-state index contributed by atoms with van der Waals surface area (Å²) in [4.78, 5) is 28.6. The van der Waals surface area contributed by atoms with Crippen molar-refractivity contribution >= 4 is 24.2 Å². The zero-order chi connectivity index (χ0) is 16.2. The van der Waals surface area contributed by atoms with Gasteiger partial charge >= 0.3 is 0 Å². The number of amides is 2. The van der Waals surface area contributed by atoms with E-state index in [4.69, 9.17) is 0 Å². The topological polar surface area (TPSA) is 52.7 Å². The first-order chi connectivity index (χ1) is 11.1. The van der Waals surface area contributed by atoms with E-state index < -0.39 is 0 Å². The number of nitrogens with one attached hydrogen (secondary N) is 1. The number of halogens is 2. The lowest BCUT2D eigenvalue weighted by atomic mass is 10.2. The molecular weight excluding hydrogens is 333 g/mol. The van der Waals surface area contributed by atoms with Crippen molar-refractivity contribution in [3.8, 4) is 0 Å². The van der Waals surface area contributed by atoms with E-state index >= 15 is 0 Å². The maximum atomic E-state index is 13.0. The molecule has 0 bridgehead atoms. The van der Waals surface area contributed by atoms with E-state index in [0.717, 1.165) is 25.8 Å². The molecule has 132 valence electrons. The van der Waals surface area contributed by atoms with Crippen LogP contribution in [-0.2, 0) is 4.79 Å². The van der Waals surface area contributed by atoms with Crippen molar-refractivity contribution < 1.29 is 14.0 Å². The third-order valence-corrected chi connectivity index (χ3v) is 4.54. The monoisotopic (exact) mass is 355 g/mol. The molecular formula is C17H23ClFN3O2. The van der Waals surface area contributed by atoms with Crippen LogP contribution in [0.5, 0.6) is 0 Å². The Morgan fingerprint density at radius 1 is 1.00 bits per heavy atom. The van der Waals surface area contributed by atoms with Crippen molar-refractivity contribution in [2.75, 3.05) is 32.7 Å². The van der Waals surface area contributed by atoms with Gasteiger partial charge in [-0.1, -0.05) is 0 Å². The largest absolute Gasteiger partial charge is 0.340 e. The van der Waals surface area contributed by atoms with Crippen LogP contribution in [0, 0.1) is 5.82 Å². The summed E-state index contributed by atoms with van der Waals surface area (Å²) >= 11 is 0. The van der Waals surface area contributed by atoms with Crippen molar-refractivity contribution in [2.24, 2.45) is 0 Å². The second-order valence-electron chi connectivity index (χ2n) is 6.13. The van der Waals surface area contributed by atoms with Crippen LogP contribution in [0.4, 0.5) is 4.39 Å². The molecule has 3 rings (SSSR count). The van der Waals surface area contributed by atoms with Crippen LogP contribution in [0.1, 0.15) is 29.6 Å². The van der Waals surface area contributed by atoms with Gasteiger partial charge in [0.15, 0.2) is 0 Å². The minimum absolute atomic E-state index is 0. The zero-order valence-corrected chi connectivity index (χ0v) is 14.4. The van der Waals surface area contributed by atoms with Gasteiger partial charge in [0, 0.05) is 31.7 Å². The molecule has 0 aromatic heterocycles. The summed E-state index contributed by atoms with van der Waals surface area (Å²) in [6, 6.07) is 5.55. The first-order valence-electron chi connectivity index (χ1n) is 8.22. The fourth-order valence-corrected chi connectivity index (χ4v) is 3.23. The molecule has 2 amide bonds. The maximum absolute atomic E-state index is 13.0. The third-order valence-electron chi connectivity index (χ3n) is 4.54. The maximum Gasteiger partial charge on any atom is 0.253 e. The van der Waals surface area contributed by atoms with Gasteiger partial charge in [-0.05, 0) is 50.1 Å². The van der Waals surface area contributed by atoms with E-state index in [2.05, 4.69) is 5.32 Å². The molecule has 1 aromatic carbocycles. The molecule has 1 unspecified atom stereocenters. The van der Waals surface area contributed by atoms with Gasteiger partial charge in [0.1, 0.15) is 5.82 Å². The summed E-state index contributed by atoms with van der Waals surface area (Å²) in [7, 11) is 0. The molecule has 2 saturated heterocycles. The van der Waals surface area contributed by atoms with Gasteiger partial charge < -0.3 is 15.1 Å². The average Bonchev–Trinajstić information content (AvgIpc) is 2.99. The van der Waals surface area contributed by atoms with Gasteiger partial charge in [-0.2, -0.15) is 0 Å². The van der Waals surface area contributed by atoms with Crippen molar-refractivity contribution in [3.05, 3.63) is 35.6 Å². The molecule has 2 heterocycles. The second-order valence-corrected chi connectivity index (χ2v) is 6.13. The Morgan fingerprint density at radius 3 is 2.33 bits per heavy atom. The average molecular weight is 356 g/mol. The molecule has 24 heavy (non-hydrogen) atoms. The molecule has 7 heteroatoms. The molecule has 1 aromatic rings. The number of carbonyl (C=O) groups excluding carboxylic acids is 2. The summed E-state index contributed by atoms with van der Waals surface area (Å²) < 4.78 is 13.0. The summed E-state index contributed by atoms with van der Waals surface area (Å²) in [5, 5.41) is 3.23. The van der Waals surface area contributed by atoms with Crippen molar-refractivity contribution in [1.29, 1.82) is 0 Å². The highest BCUT2D eigenvalue weighted by atomic mass is 35.5. The number of nitrogens with zero attached hydrogens (tertiary/aromatic N) is 2. The van der Waals surface area contributed by atoms with Gasteiger partial charge in [-0.3, -0.25) is 9.59 Å². The first kappa shape index (κ1) is 18.7. The first-order valence-corrected chi connectivity index (χ1v) is 8.22. The van der Waals surface area contributed by atoms with Gasteiger partial charge in [0.05, 0.1) is 6.04 Å². The van der Waals surface area contributed by atoms with Crippen LogP contribution in [0.25, 0.3) is 0 Å². The number of carbonyl (C=O) groups is 2. The van der Waals surface area contributed by atoms with Crippen LogP contribution in [0.15, 0.2) is 24.3 Å². The number of benzene rings is 1. The molecule has 5 nitrogen and oxygen atoms in total. The number of rotatable bonds is 2. The van der Waals surface area contributed by atoms with E-state index in [1.165, 1.54) is 24.3 Å². The van der Waals surface area contributed by atoms with Crippen molar-refractivity contribution in [2.45, 2.75) is 25.3 Å². The predicted molar refractivity (Wildman–Crippen MR) is 91.8 cm³/mol. The normalized spacial score (nSPS) is 21.1. The van der Waals surface area contributed by atoms with Crippen LogP contribution < -0.4 is 5.32 Å². The summed E-state index contributed by atoms with van der Waals surface area (Å²) in [5.74, 6) is -0.296. The fourth-order valence-electron chi connectivity index (χ4n) is 3.23. The highest BCUT2D eigenvalue weighted by Gasteiger charge is 2.29. The summed E-state index contributed by atoms with van der Waals surface area (Å²) in [6.07, 6.45) is 2.71. The highest BCUT2D eigenvalue weighted by Crippen LogP contribution is 2.13.